The molecule has 1 aromatic heterocycles. The number of alkyl halides is 3. The summed E-state index contributed by atoms with van der Waals surface area (Å²) in [5, 5.41) is 3.44. The second kappa shape index (κ2) is 9.85. The van der Waals surface area contributed by atoms with Gasteiger partial charge >= 0.3 is 6.18 Å². The maximum Gasteiger partial charge on any atom is 0.418 e. The van der Waals surface area contributed by atoms with E-state index >= 15 is 0 Å². The van der Waals surface area contributed by atoms with Crippen molar-refractivity contribution in [2.45, 2.75) is 12.7 Å². The van der Waals surface area contributed by atoms with Gasteiger partial charge in [0, 0.05) is 40.5 Å². The van der Waals surface area contributed by atoms with Crippen molar-refractivity contribution >= 4 is 22.4 Å². The molecule has 37 heavy (non-hydrogen) atoms. The number of anilines is 1. The number of ketones is 1. The number of benzene rings is 4. The molecule has 5 rings (SSSR count). The molecule has 0 spiro atoms. The lowest BCUT2D eigenvalue weighted by atomic mass is 9.91. The molecule has 0 saturated heterocycles. The average Bonchev–Trinajstić information content (AvgIpc) is 2.90. The Morgan fingerprint density at radius 2 is 1.59 bits per heavy atom. The number of para-hydroxylation sites is 1. The van der Waals surface area contributed by atoms with Crippen molar-refractivity contribution in [3.05, 3.63) is 131 Å². The molecule has 0 amide bonds. The fourth-order valence-corrected chi connectivity index (χ4v) is 4.32. The average molecular weight is 500 g/mol. The maximum absolute atomic E-state index is 13.8. The first-order valence-corrected chi connectivity index (χ1v) is 11.5. The van der Waals surface area contributed by atoms with Gasteiger partial charge in [0.05, 0.1) is 11.1 Å². The van der Waals surface area contributed by atoms with Gasteiger partial charge < -0.3 is 5.32 Å². The molecule has 0 aliphatic rings. The molecule has 184 valence electrons. The van der Waals surface area contributed by atoms with Crippen LogP contribution in [0.3, 0.4) is 0 Å². The van der Waals surface area contributed by atoms with Crippen LogP contribution in [0.1, 0.15) is 27.0 Å². The quantitative estimate of drug-likeness (QED) is 0.190. The van der Waals surface area contributed by atoms with Crippen molar-refractivity contribution in [2.24, 2.45) is 0 Å². The zero-order valence-electron chi connectivity index (χ0n) is 19.4. The number of aromatic nitrogens is 1. The van der Waals surface area contributed by atoms with Crippen molar-refractivity contribution in [1.29, 1.82) is 0 Å². The zero-order chi connectivity index (χ0) is 26.0. The molecule has 0 aliphatic heterocycles. The molecular weight excluding hydrogens is 480 g/mol. The Balaban J connectivity index is 1.65. The first-order valence-electron chi connectivity index (χ1n) is 11.5. The first-order chi connectivity index (χ1) is 17.8. The Labute approximate surface area is 210 Å². The van der Waals surface area contributed by atoms with Crippen LogP contribution in [0.5, 0.6) is 0 Å². The fraction of sp³-hybridized carbons (Fsp3) is 0.0667. The third kappa shape index (κ3) is 5.07. The van der Waals surface area contributed by atoms with Crippen LogP contribution < -0.4 is 5.32 Å². The van der Waals surface area contributed by atoms with E-state index in [1.807, 2.05) is 0 Å². The Morgan fingerprint density at radius 1 is 0.838 bits per heavy atom. The summed E-state index contributed by atoms with van der Waals surface area (Å²) < 4.78 is 54.9. The molecule has 0 fully saturated rings. The molecule has 3 nitrogen and oxygen atoms in total. The summed E-state index contributed by atoms with van der Waals surface area (Å²) >= 11 is 0. The van der Waals surface area contributed by atoms with Gasteiger partial charge in [-0.3, -0.25) is 9.78 Å². The van der Waals surface area contributed by atoms with Gasteiger partial charge in [-0.1, -0.05) is 66.7 Å². The van der Waals surface area contributed by atoms with Crippen molar-refractivity contribution in [1.82, 2.24) is 4.98 Å². The van der Waals surface area contributed by atoms with E-state index < -0.39 is 11.7 Å². The number of carbonyl (C=O) groups excluding carboxylic acids is 1. The van der Waals surface area contributed by atoms with Crippen molar-refractivity contribution in [3.8, 4) is 11.1 Å². The van der Waals surface area contributed by atoms with Crippen LogP contribution >= 0.6 is 0 Å². The van der Waals surface area contributed by atoms with Crippen LogP contribution in [0.2, 0.25) is 0 Å². The molecule has 0 aliphatic carbocycles. The maximum atomic E-state index is 13.8. The lowest BCUT2D eigenvalue weighted by Crippen LogP contribution is -2.09. The third-order valence-corrected chi connectivity index (χ3v) is 6.02. The van der Waals surface area contributed by atoms with E-state index in [4.69, 9.17) is 0 Å². The summed E-state index contributed by atoms with van der Waals surface area (Å²) in [7, 11) is 0. The van der Waals surface area contributed by atoms with Gasteiger partial charge in [-0.25, -0.2) is 4.39 Å². The Kier molecular flexibility index (Phi) is 6.44. The smallest absolute Gasteiger partial charge is 0.381 e. The van der Waals surface area contributed by atoms with Crippen molar-refractivity contribution < 1.29 is 22.4 Å². The monoisotopic (exact) mass is 500 g/mol. The Bertz CT molecular complexity index is 1600. The number of rotatable bonds is 6. The normalized spacial score (nSPS) is 11.5. The molecule has 4 aromatic carbocycles. The van der Waals surface area contributed by atoms with Gasteiger partial charge in [-0.05, 0) is 41.5 Å². The van der Waals surface area contributed by atoms with Crippen LogP contribution in [0, 0.1) is 5.82 Å². The number of halogens is 4. The molecular formula is C30H20F4N2O. The predicted octanol–water partition coefficient (Wildman–Crippen LogP) is 7.90. The van der Waals surface area contributed by atoms with E-state index in [1.165, 1.54) is 24.4 Å². The van der Waals surface area contributed by atoms with Gasteiger partial charge in [0.15, 0.2) is 5.78 Å². The minimum Gasteiger partial charge on any atom is -0.381 e. The molecule has 0 bridgehead atoms. The van der Waals surface area contributed by atoms with Crippen LogP contribution in [0.25, 0.3) is 22.0 Å². The van der Waals surface area contributed by atoms with Gasteiger partial charge in [0.1, 0.15) is 5.82 Å². The summed E-state index contributed by atoms with van der Waals surface area (Å²) in [6.07, 6.45) is -3.39. The number of nitrogens with one attached hydrogen (secondary N) is 1. The van der Waals surface area contributed by atoms with E-state index in [0.29, 0.717) is 28.9 Å². The number of hydrogen-bond acceptors (Lipinski definition) is 3. The lowest BCUT2D eigenvalue weighted by Gasteiger charge is -2.16. The SMILES string of the molecule is O=C(c1ccccc1)c1cnc2c(C(F)(F)F)cccc2c1-c1cccc(NCc2cccc(F)c2)c1. The first kappa shape index (κ1) is 24.2. The van der Waals surface area contributed by atoms with E-state index in [2.05, 4.69) is 10.3 Å². The summed E-state index contributed by atoms with van der Waals surface area (Å²) in [5.41, 5.74) is 1.80. The molecule has 0 radical (unpaired) electrons. The molecule has 0 atom stereocenters. The molecule has 7 heteroatoms. The zero-order valence-corrected chi connectivity index (χ0v) is 19.4. The van der Waals surface area contributed by atoms with E-state index in [0.717, 1.165) is 11.6 Å². The predicted molar refractivity (Wildman–Crippen MR) is 136 cm³/mol. The van der Waals surface area contributed by atoms with Gasteiger partial charge in [-0.2, -0.15) is 13.2 Å². The van der Waals surface area contributed by atoms with E-state index in [1.54, 1.807) is 72.8 Å². The number of hydrogen-bond donors (Lipinski definition) is 1. The van der Waals surface area contributed by atoms with Crippen molar-refractivity contribution in [3.63, 3.8) is 0 Å². The standard InChI is InChI=1S/C30H20F4N2O/c31-22-11-4-7-19(15-22)17-35-23-12-5-10-21(16-23)27-24-13-6-14-26(30(32,33)34)28(24)36-18-25(27)29(37)20-8-2-1-3-9-20/h1-16,18,35H,17H2. The summed E-state index contributed by atoms with van der Waals surface area (Å²) in [4.78, 5) is 17.6. The largest absolute Gasteiger partial charge is 0.418 e. The van der Waals surface area contributed by atoms with Crippen LogP contribution in [-0.2, 0) is 12.7 Å². The second-order valence-electron chi connectivity index (χ2n) is 8.51. The lowest BCUT2D eigenvalue weighted by molar-refractivity contribution is -0.136. The number of fused-ring (bicyclic) bond motifs is 1. The summed E-state index contributed by atoms with van der Waals surface area (Å²) in [6, 6.07) is 25.6. The fourth-order valence-electron chi connectivity index (χ4n) is 4.32. The molecule has 0 saturated carbocycles. The summed E-state index contributed by atoms with van der Waals surface area (Å²) in [6.45, 7) is 0.340. The van der Waals surface area contributed by atoms with Gasteiger partial charge in [-0.15, -0.1) is 0 Å². The summed E-state index contributed by atoms with van der Waals surface area (Å²) in [5.74, 6) is -0.693. The van der Waals surface area contributed by atoms with Crippen molar-refractivity contribution in [2.75, 3.05) is 5.32 Å². The highest BCUT2D eigenvalue weighted by Crippen LogP contribution is 2.39. The van der Waals surface area contributed by atoms with Crippen LogP contribution in [0.15, 0.2) is 103 Å². The molecule has 1 N–H and O–H groups in total. The van der Waals surface area contributed by atoms with Crippen LogP contribution in [0.4, 0.5) is 23.2 Å². The highest BCUT2D eigenvalue weighted by Gasteiger charge is 2.34. The highest BCUT2D eigenvalue weighted by molar-refractivity contribution is 6.16. The second-order valence-corrected chi connectivity index (χ2v) is 8.51. The van der Waals surface area contributed by atoms with Crippen LogP contribution in [-0.4, -0.2) is 10.8 Å². The topological polar surface area (TPSA) is 42.0 Å². The number of nitrogens with zero attached hydrogens (tertiary/aromatic N) is 1. The minimum atomic E-state index is -4.61. The number of pyridine rings is 1. The Hall–Kier alpha value is -4.52. The number of carbonyl (C=O) groups is 1. The van der Waals surface area contributed by atoms with Gasteiger partial charge in [0.2, 0.25) is 0 Å². The van der Waals surface area contributed by atoms with E-state index in [-0.39, 0.29) is 28.1 Å². The van der Waals surface area contributed by atoms with E-state index in [9.17, 15) is 22.4 Å². The molecule has 1 heterocycles. The minimum absolute atomic E-state index is 0.195. The molecule has 5 aromatic rings. The molecule has 0 unspecified atom stereocenters. The Morgan fingerprint density at radius 3 is 2.35 bits per heavy atom. The highest BCUT2D eigenvalue weighted by atomic mass is 19.4. The van der Waals surface area contributed by atoms with Gasteiger partial charge in [0.25, 0.3) is 0 Å². The third-order valence-electron chi connectivity index (χ3n) is 6.02.